The van der Waals surface area contributed by atoms with Crippen molar-refractivity contribution >= 4 is 5.91 Å². The lowest BCUT2D eigenvalue weighted by atomic mass is 9.87. The smallest absolute Gasteiger partial charge is 0.254 e. The number of aliphatic hydroxyl groups excluding tert-OH is 1. The van der Waals surface area contributed by atoms with Gasteiger partial charge in [0.1, 0.15) is 0 Å². The van der Waals surface area contributed by atoms with E-state index in [0.29, 0.717) is 18.0 Å². The van der Waals surface area contributed by atoms with Gasteiger partial charge in [-0.25, -0.2) is 0 Å². The summed E-state index contributed by atoms with van der Waals surface area (Å²) in [7, 11) is 1.84. The minimum Gasteiger partial charge on any atom is -0.393 e. The lowest BCUT2D eigenvalue weighted by Gasteiger charge is -2.26. The third-order valence-corrected chi connectivity index (χ3v) is 4.09. The van der Waals surface area contributed by atoms with Gasteiger partial charge in [0.15, 0.2) is 0 Å². The van der Waals surface area contributed by atoms with E-state index >= 15 is 0 Å². The van der Waals surface area contributed by atoms with Gasteiger partial charge in [-0.15, -0.1) is 0 Å². The second-order valence-corrected chi connectivity index (χ2v) is 7.21. The van der Waals surface area contributed by atoms with Crippen molar-refractivity contribution in [2.75, 3.05) is 6.54 Å². The number of carbonyl (C=O) groups excluding carboxylic acids is 1. The average molecular weight is 293 g/mol. The van der Waals surface area contributed by atoms with Crippen LogP contribution in [0.4, 0.5) is 0 Å². The number of rotatable bonds is 3. The summed E-state index contributed by atoms with van der Waals surface area (Å²) < 4.78 is 1.69. The summed E-state index contributed by atoms with van der Waals surface area (Å²) in [5, 5.41) is 17.1. The van der Waals surface area contributed by atoms with Gasteiger partial charge < -0.3 is 10.4 Å². The van der Waals surface area contributed by atoms with Crippen LogP contribution < -0.4 is 5.32 Å². The molecule has 0 radical (unpaired) electrons. The van der Waals surface area contributed by atoms with Gasteiger partial charge in [0, 0.05) is 25.2 Å². The van der Waals surface area contributed by atoms with E-state index in [1.807, 2.05) is 7.05 Å². The second kappa shape index (κ2) is 6.18. The molecule has 2 unspecified atom stereocenters. The molecule has 118 valence electrons. The summed E-state index contributed by atoms with van der Waals surface area (Å²) >= 11 is 0. The first kappa shape index (κ1) is 16.0. The van der Waals surface area contributed by atoms with Gasteiger partial charge in [-0.2, -0.15) is 5.10 Å². The highest BCUT2D eigenvalue weighted by Crippen LogP contribution is 2.25. The topological polar surface area (TPSA) is 67.2 Å². The van der Waals surface area contributed by atoms with E-state index in [-0.39, 0.29) is 17.4 Å². The monoisotopic (exact) mass is 293 g/mol. The molecular formula is C16H27N3O2. The van der Waals surface area contributed by atoms with Crippen LogP contribution >= 0.6 is 0 Å². The number of carbonyl (C=O) groups is 1. The molecule has 1 heterocycles. The van der Waals surface area contributed by atoms with Gasteiger partial charge in [-0.05, 0) is 25.2 Å². The molecule has 1 aromatic heterocycles. The number of nitrogens with zero attached hydrogens (tertiary/aromatic N) is 2. The third-order valence-electron chi connectivity index (χ3n) is 4.09. The van der Waals surface area contributed by atoms with Crippen LogP contribution in [0.2, 0.25) is 0 Å². The number of hydrogen-bond acceptors (Lipinski definition) is 3. The van der Waals surface area contributed by atoms with E-state index in [1.165, 1.54) is 0 Å². The molecular weight excluding hydrogens is 266 g/mol. The molecule has 5 heteroatoms. The molecule has 21 heavy (non-hydrogen) atoms. The molecule has 1 aromatic rings. The van der Waals surface area contributed by atoms with Crippen molar-refractivity contribution in [3.05, 3.63) is 17.5 Å². The summed E-state index contributed by atoms with van der Waals surface area (Å²) in [6.07, 6.45) is 5.38. The van der Waals surface area contributed by atoms with Gasteiger partial charge in [-0.1, -0.05) is 27.2 Å². The average Bonchev–Trinajstić information content (AvgIpc) is 2.78. The second-order valence-electron chi connectivity index (χ2n) is 7.21. The molecule has 0 saturated heterocycles. The minimum absolute atomic E-state index is 0.0620. The first-order chi connectivity index (χ1) is 9.77. The maximum absolute atomic E-state index is 12.4. The first-order valence-corrected chi connectivity index (χ1v) is 7.77. The zero-order valence-corrected chi connectivity index (χ0v) is 13.5. The normalized spacial score (nSPS) is 23.1. The Labute approximate surface area is 126 Å². The molecule has 1 amide bonds. The fourth-order valence-electron chi connectivity index (χ4n) is 2.99. The Hall–Kier alpha value is -1.36. The van der Waals surface area contributed by atoms with E-state index in [1.54, 1.807) is 10.9 Å². The number of aromatic nitrogens is 2. The van der Waals surface area contributed by atoms with Gasteiger partial charge in [-0.3, -0.25) is 9.48 Å². The van der Waals surface area contributed by atoms with Gasteiger partial charge in [0.05, 0.1) is 17.4 Å². The molecule has 1 fully saturated rings. The summed E-state index contributed by atoms with van der Waals surface area (Å²) in [5.41, 5.74) is 1.32. The largest absolute Gasteiger partial charge is 0.393 e. The van der Waals surface area contributed by atoms with E-state index in [2.05, 4.69) is 31.2 Å². The molecule has 0 aliphatic heterocycles. The predicted molar refractivity (Wildman–Crippen MR) is 82.2 cm³/mol. The molecule has 0 spiro atoms. The zero-order valence-electron chi connectivity index (χ0n) is 13.5. The highest BCUT2D eigenvalue weighted by Gasteiger charge is 2.26. The number of aliphatic hydroxyl groups is 1. The van der Waals surface area contributed by atoms with Gasteiger partial charge in [0.25, 0.3) is 5.91 Å². The molecule has 1 saturated carbocycles. The van der Waals surface area contributed by atoms with Crippen molar-refractivity contribution in [1.29, 1.82) is 0 Å². The zero-order chi connectivity index (χ0) is 15.6. The molecule has 2 atom stereocenters. The molecule has 0 bridgehead atoms. The van der Waals surface area contributed by atoms with Gasteiger partial charge in [0.2, 0.25) is 0 Å². The highest BCUT2D eigenvalue weighted by atomic mass is 16.3. The van der Waals surface area contributed by atoms with E-state index < -0.39 is 0 Å². The predicted octanol–water partition coefficient (Wildman–Crippen LogP) is 2.00. The number of aryl methyl sites for hydroxylation is 1. The van der Waals surface area contributed by atoms with Crippen LogP contribution in [-0.2, 0) is 12.5 Å². The Morgan fingerprint density at radius 3 is 2.81 bits per heavy atom. The van der Waals surface area contributed by atoms with Crippen molar-refractivity contribution in [1.82, 2.24) is 15.1 Å². The van der Waals surface area contributed by atoms with Crippen LogP contribution in [0, 0.1) is 5.92 Å². The fourth-order valence-corrected chi connectivity index (χ4v) is 2.99. The Kier molecular flexibility index (Phi) is 4.71. The van der Waals surface area contributed by atoms with Crippen molar-refractivity contribution in [3.8, 4) is 0 Å². The third kappa shape index (κ3) is 4.06. The summed E-state index contributed by atoms with van der Waals surface area (Å²) in [6, 6.07) is 0. The Bertz CT molecular complexity index is 502. The Morgan fingerprint density at radius 1 is 1.48 bits per heavy atom. The standard InChI is InChI=1S/C16H27N3O2/c1-16(2,3)14-13(10-19(4)18-14)15(21)17-9-11-6-5-7-12(20)8-11/h10-12,20H,5-9H2,1-4H3,(H,17,21). The molecule has 5 nitrogen and oxygen atoms in total. The number of nitrogens with one attached hydrogen (secondary N) is 1. The maximum atomic E-state index is 12.4. The lowest BCUT2D eigenvalue weighted by molar-refractivity contribution is 0.0872. The van der Waals surface area contributed by atoms with E-state index in [0.717, 1.165) is 31.4 Å². The van der Waals surface area contributed by atoms with E-state index in [4.69, 9.17) is 0 Å². The van der Waals surface area contributed by atoms with Crippen LogP contribution in [0.1, 0.15) is 62.5 Å². The van der Waals surface area contributed by atoms with Crippen LogP contribution in [0.5, 0.6) is 0 Å². The van der Waals surface area contributed by atoms with Crippen molar-refractivity contribution in [3.63, 3.8) is 0 Å². The molecule has 2 rings (SSSR count). The minimum atomic E-state index is -0.204. The van der Waals surface area contributed by atoms with Crippen molar-refractivity contribution in [2.45, 2.75) is 58.0 Å². The number of amides is 1. The Balaban J connectivity index is 2.00. The van der Waals surface area contributed by atoms with Gasteiger partial charge >= 0.3 is 0 Å². The number of hydrogen-bond donors (Lipinski definition) is 2. The molecule has 1 aliphatic carbocycles. The lowest BCUT2D eigenvalue weighted by Crippen LogP contribution is -2.33. The fraction of sp³-hybridized carbons (Fsp3) is 0.750. The summed E-state index contributed by atoms with van der Waals surface area (Å²) in [4.78, 5) is 12.4. The van der Waals surface area contributed by atoms with Crippen molar-refractivity contribution in [2.24, 2.45) is 13.0 Å². The van der Waals surface area contributed by atoms with Crippen LogP contribution in [-0.4, -0.2) is 33.4 Å². The van der Waals surface area contributed by atoms with Crippen LogP contribution in [0.15, 0.2) is 6.20 Å². The molecule has 0 aromatic carbocycles. The summed E-state index contributed by atoms with van der Waals surface area (Å²) in [6.45, 7) is 6.81. The van der Waals surface area contributed by atoms with E-state index in [9.17, 15) is 9.90 Å². The Morgan fingerprint density at radius 2 is 2.19 bits per heavy atom. The van der Waals surface area contributed by atoms with Crippen LogP contribution in [0.3, 0.4) is 0 Å². The molecule has 1 aliphatic rings. The van der Waals surface area contributed by atoms with Crippen molar-refractivity contribution < 1.29 is 9.90 Å². The highest BCUT2D eigenvalue weighted by molar-refractivity contribution is 5.95. The van der Waals surface area contributed by atoms with Crippen LogP contribution in [0.25, 0.3) is 0 Å². The maximum Gasteiger partial charge on any atom is 0.254 e. The molecule has 2 N–H and O–H groups in total. The summed E-state index contributed by atoms with van der Waals surface area (Å²) in [5.74, 6) is 0.320. The quantitative estimate of drug-likeness (QED) is 0.895. The SMILES string of the molecule is Cn1cc(C(=O)NCC2CCCC(O)C2)c(C(C)(C)C)n1. The first-order valence-electron chi connectivity index (χ1n) is 7.77.